The summed E-state index contributed by atoms with van der Waals surface area (Å²) in [6.45, 7) is 0. The van der Waals surface area contributed by atoms with Crippen molar-refractivity contribution in [2.75, 3.05) is 27.1 Å². The highest BCUT2D eigenvalue weighted by molar-refractivity contribution is 9.10. The number of methoxy groups -OCH3 is 3. The normalized spacial score (nSPS) is 10.3. The molecule has 0 aliphatic carbocycles. The minimum atomic E-state index is 0.206. The van der Waals surface area contributed by atoms with Crippen molar-refractivity contribution in [2.24, 2.45) is 0 Å². The van der Waals surface area contributed by atoms with E-state index in [1.165, 1.54) is 6.20 Å². The minimum Gasteiger partial charge on any atom is -0.495 e. The molecule has 1 heterocycles. The molecule has 0 unspecified atom stereocenters. The summed E-state index contributed by atoms with van der Waals surface area (Å²) < 4.78 is 21.5. The number of hydrogen-bond acceptors (Lipinski definition) is 6. The van der Waals surface area contributed by atoms with Crippen LogP contribution in [-0.2, 0) is 0 Å². The molecule has 0 radical (unpaired) electrons. The van der Waals surface area contributed by atoms with Crippen LogP contribution in [0.15, 0.2) is 21.3 Å². The standard InChI is InChI=1S/C12H13BrN2O4/c1-16-8-4-6(7-5-15-19-12(7)14)10(17-2)9(13)11(8)18-3/h4-5H,14H2,1-3H3. The van der Waals surface area contributed by atoms with Crippen LogP contribution in [0.5, 0.6) is 17.2 Å². The molecule has 0 amide bonds. The van der Waals surface area contributed by atoms with Crippen molar-refractivity contribution < 1.29 is 18.7 Å². The molecule has 2 N–H and O–H groups in total. The summed E-state index contributed by atoms with van der Waals surface area (Å²) in [5, 5.41) is 3.66. The summed E-state index contributed by atoms with van der Waals surface area (Å²) in [6.07, 6.45) is 1.52. The Kier molecular flexibility index (Phi) is 3.84. The Labute approximate surface area is 118 Å². The van der Waals surface area contributed by atoms with Gasteiger partial charge in [-0.1, -0.05) is 5.16 Å². The van der Waals surface area contributed by atoms with Crippen LogP contribution in [0.3, 0.4) is 0 Å². The molecule has 0 fully saturated rings. The number of hydrogen-bond donors (Lipinski definition) is 1. The lowest BCUT2D eigenvalue weighted by Gasteiger charge is -2.16. The molecule has 0 saturated carbocycles. The van der Waals surface area contributed by atoms with E-state index in [9.17, 15) is 0 Å². The lowest BCUT2D eigenvalue weighted by molar-refractivity contribution is 0.346. The van der Waals surface area contributed by atoms with Gasteiger partial charge in [-0.3, -0.25) is 0 Å². The van der Waals surface area contributed by atoms with E-state index >= 15 is 0 Å². The average molecular weight is 329 g/mol. The summed E-state index contributed by atoms with van der Waals surface area (Å²) in [6, 6.07) is 1.76. The third-order valence-corrected chi connectivity index (χ3v) is 3.38. The van der Waals surface area contributed by atoms with E-state index in [0.717, 1.165) is 0 Å². The van der Waals surface area contributed by atoms with Crippen LogP contribution >= 0.6 is 15.9 Å². The van der Waals surface area contributed by atoms with Gasteiger partial charge in [-0.05, 0) is 22.0 Å². The first kappa shape index (κ1) is 13.5. The summed E-state index contributed by atoms with van der Waals surface area (Å²) in [4.78, 5) is 0. The summed E-state index contributed by atoms with van der Waals surface area (Å²) in [5.41, 5.74) is 7.06. The number of anilines is 1. The molecule has 0 aliphatic heterocycles. The van der Waals surface area contributed by atoms with E-state index in [2.05, 4.69) is 21.1 Å². The molecule has 1 aromatic carbocycles. The molecule has 2 rings (SSSR count). The Bertz CT molecular complexity index is 598. The first-order chi connectivity index (χ1) is 9.13. The Morgan fingerprint density at radius 3 is 2.26 bits per heavy atom. The fourth-order valence-electron chi connectivity index (χ4n) is 1.78. The molecule has 0 bridgehead atoms. The van der Waals surface area contributed by atoms with E-state index in [1.807, 2.05) is 0 Å². The third-order valence-electron chi connectivity index (χ3n) is 2.66. The molecular weight excluding hydrogens is 316 g/mol. The Morgan fingerprint density at radius 2 is 1.79 bits per heavy atom. The molecule has 102 valence electrons. The molecule has 0 spiro atoms. The van der Waals surface area contributed by atoms with Gasteiger partial charge in [0.05, 0.1) is 33.1 Å². The Morgan fingerprint density at radius 1 is 1.11 bits per heavy atom. The van der Waals surface area contributed by atoms with Crippen molar-refractivity contribution in [3.63, 3.8) is 0 Å². The van der Waals surface area contributed by atoms with Gasteiger partial charge in [0.2, 0.25) is 5.88 Å². The first-order valence-electron chi connectivity index (χ1n) is 5.33. The number of rotatable bonds is 4. The smallest absolute Gasteiger partial charge is 0.230 e. The monoisotopic (exact) mass is 328 g/mol. The van der Waals surface area contributed by atoms with E-state index < -0.39 is 0 Å². The molecule has 6 nitrogen and oxygen atoms in total. The predicted molar refractivity (Wildman–Crippen MR) is 73.7 cm³/mol. The van der Waals surface area contributed by atoms with Gasteiger partial charge in [-0.15, -0.1) is 0 Å². The highest BCUT2D eigenvalue weighted by Gasteiger charge is 2.22. The van der Waals surface area contributed by atoms with Gasteiger partial charge in [0.15, 0.2) is 11.5 Å². The maximum absolute atomic E-state index is 5.74. The number of aromatic nitrogens is 1. The van der Waals surface area contributed by atoms with E-state index in [1.54, 1.807) is 27.4 Å². The molecule has 0 saturated heterocycles. The summed E-state index contributed by atoms with van der Waals surface area (Å²) in [5.74, 6) is 1.86. The van der Waals surface area contributed by atoms with Crippen molar-refractivity contribution in [3.8, 4) is 28.4 Å². The zero-order chi connectivity index (χ0) is 14.0. The van der Waals surface area contributed by atoms with Gasteiger partial charge in [0.25, 0.3) is 0 Å². The lowest BCUT2D eigenvalue weighted by Crippen LogP contribution is -1.97. The van der Waals surface area contributed by atoms with Crippen LogP contribution in [0.2, 0.25) is 0 Å². The molecule has 19 heavy (non-hydrogen) atoms. The number of nitrogens with two attached hydrogens (primary N) is 1. The minimum absolute atomic E-state index is 0.206. The lowest BCUT2D eigenvalue weighted by atomic mass is 10.1. The number of nitrogens with zero attached hydrogens (tertiary/aromatic N) is 1. The maximum atomic E-state index is 5.74. The van der Waals surface area contributed by atoms with Gasteiger partial charge in [0, 0.05) is 5.56 Å². The molecule has 1 aromatic heterocycles. The summed E-state index contributed by atoms with van der Waals surface area (Å²) >= 11 is 3.43. The number of ether oxygens (including phenoxy) is 3. The Hall–Kier alpha value is -1.89. The number of nitrogen functional groups attached to an aromatic ring is 1. The second kappa shape index (κ2) is 5.40. The number of benzene rings is 1. The van der Waals surface area contributed by atoms with E-state index in [0.29, 0.717) is 32.8 Å². The fraction of sp³-hybridized carbons (Fsp3) is 0.250. The van der Waals surface area contributed by atoms with Gasteiger partial charge in [-0.2, -0.15) is 0 Å². The van der Waals surface area contributed by atoms with Gasteiger partial charge >= 0.3 is 0 Å². The van der Waals surface area contributed by atoms with Crippen molar-refractivity contribution in [1.29, 1.82) is 0 Å². The van der Waals surface area contributed by atoms with Crippen LogP contribution in [0.4, 0.5) is 5.88 Å². The van der Waals surface area contributed by atoms with Crippen molar-refractivity contribution in [1.82, 2.24) is 5.16 Å². The van der Waals surface area contributed by atoms with Crippen molar-refractivity contribution in [3.05, 3.63) is 16.7 Å². The van der Waals surface area contributed by atoms with Crippen LogP contribution in [0, 0.1) is 0 Å². The van der Waals surface area contributed by atoms with E-state index in [-0.39, 0.29) is 5.88 Å². The number of halogens is 1. The highest BCUT2D eigenvalue weighted by atomic mass is 79.9. The van der Waals surface area contributed by atoms with Gasteiger partial charge in [-0.25, -0.2) is 0 Å². The van der Waals surface area contributed by atoms with Gasteiger partial charge < -0.3 is 24.5 Å². The SMILES string of the molecule is COc1cc(-c2cnoc2N)c(OC)c(Br)c1OC. The van der Waals surface area contributed by atoms with Crippen molar-refractivity contribution >= 4 is 21.8 Å². The fourth-order valence-corrected chi connectivity index (χ4v) is 2.52. The van der Waals surface area contributed by atoms with Crippen LogP contribution in [0.1, 0.15) is 0 Å². The summed E-state index contributed by atoms with van der Waals surface area (Å²) in [7, 11) is 4.66. The predicted octanol–water partition coefficient (Wildman–Crippen LogP) is 2.71. The third kappa shape index (κ3) is 2.21. The largest absolute Gasteiger partial charge is 0.495 e. The van der Waals surface area contributed by atoms with Crippen LogP contribution < -0.4 is 19.9 Å². The zero-order valence-corrected chi connectivity index (χ0v) is 12.3. The second-order valence-corrected chi connectivity index (χ2v) is 4.40. The molecule has 7 heteroatoms. The van der Waals surface area contributed by atoms with Crippen LogP contribution in [-0.4, -0.2) is 26.5 Å². The molecular formula is C12H13BrN2O4. The van der Waals surface area contributed by atoms with Crippen molar-refractivity contribution in [2.45, 2.75) is 0 Å². The van der Waals surface area contributed by atoms with E-state index in [4.69, 9.17) is 24.5 Å². The van der Waals surface area contributed by atoms with Crippen LogP contribution in [0.25, 0.3) is 11.1 Å². The average Bonchev–Trinajstić information content (AvgIpc) is 2.83. The molecule has 0 aliphatic rings. The zero-order valence-electron chi connectivity index (χ0n) is 10.7. The molecule has 2 aromatic rings. The quantitative estimate of drug-likeness (QED) is 0.929. The topological polar surface area (TPSA) is 79.7 Å². The highest BCUT2D eigenvalue weighted by Crippen LogP contribution is 2.48. The first-order valence-corrected chi connectivity index (χ1v) is 6.12. The van der Waals surface area contributed by atoms with Gasteiger partial charge in [0.1, 0.15) is 10.2 Å². The Balaban J connectivity index is 2.74. The molecule has 0 atom stereocenters. The second-order valence-electron chi connectivity index (χ2n) is 3.61. The maximum Gasteiger partial charge on any atom is 0.230 e.